The molecule has 0 radical (unpaired) electrons. The van der Waals surface area contributed by atoms with Crippen molar-refractivity contribution in [2.45, 2.75) is 49.9 Å². The molecule has 2 aromatic rings. The van der Waals surface area contributed by atoms with Gasteiger partial charge in [0.15, 0.2) is 0 Å². The van der Waals surface area contributed by atoms with Crippen LogP contribution in [-0.2, 0) is 16.6 Å². The summed E-state index contributed by atoms with van der Waals surface area (Å²) in [6.07, 6.45) is 9.78. The van der Waals surface area contributed by atoms with E-state index in [0.29, 0.717) is 4.22 Å². The van der Waals surface area contributed by atoms with Crippen molar-refractivity contribution in [1.82, 2.24) is 0 Å². The monoisotopic (exact) mass is 462 g/mol. The van der Waals surface area contributed by atoms with Crippen molar-refractivity contribution in [2.24, 2.45) is 0 Å². The van der Waals surface area contributed by atoms with Crippen molar-refractivity contribution in [2.75, 3.05) is 0 Å². The number of hydrogen-bond donors (Lipinski definition) is 0. The van der Waals surface area contributed by atoms with Gasteiger partial charge in [0.05, 0.1) is 0 Å². The third-order valence-corrected chi connectivity index (χ3v) is 18.1. The number of fused-ring (bicyclic) bond motifs is 3. The predicted octanol–water partition coefficient (Wildman–Crippen LogP) is 1.04. The first kappa shape index (κ1) is 23.7. The normalized spacial score (nSPS) is 13.9. The Balaban J connectivity index is 0.00000140. The minimum absolute atomic E-state index is 0. The van der Waals surface area contributed by atoms with E-state index in [-0.39, 0.29) is 31.0 Å². The minimum atomic E-state index is -1.42. The molecule has 0 aromatic heterocycles. The first-order valence-corrected chi connectivity index (χ1v) is 16.5. The Bertz CT molecular complexity index is 894. The summed E-state index contributed by atoms with van der Waals surface area (Å²) in [7, 11) is 0. The van der Waals surface area contributed by atoms with Gasteiger partial charge in [-0.25, -0.2) is 0 Å². The van der Waals surface area contributed by atoms with Crippen molar-refractivity contribution >= 4 is 6.19 Å². The molecule has 0 saturated carbocycles. The molecule has 0 aliphatic heterocycles. The Morgan fingerprint density at radius 1 is 0.929 bits per heavy atom. The molecular formula is C24H28Cl2SiTi. The van der Waals surface area contributed by atoms with Crippen molar-refractivity contribution in [3.63, 3.8) is 0 Å². The van der Waals surface area contributed by atoms with Crippen molar-refractivity contribution in [3.05, 3.63) is 81.3 Å². The van der Waals surface area contributed by atoms with Crippen molar-refractivity contribution in [3.8, 4) is 11.1 Å². The van der Waals surface area contributed by atoms with Crippen LogP contribution in [0.4, 0.5) is 0 Å². The summed E-state index contributed by atoms with van der Waals surface area (Å²) < 4.78 is 2.62. The Morgan fingerprint density at radius 2 is 1.50 bits per heavy atom. The Morgan fingerprint density at radius 3 is 2.04 bits per heavy atom. The number of allylic oxidation sites excluding steroid dienone is 4. The van der Waals surface area contributed by atoms with E-state index in [0.717, 1.165) is 0 Å². The zero-order valence-electron chi connectivity index (χ0n) is 16.9. The molecule has 4 heteroatoms. The molecule has 0 bridgehead atoms. The molecule has 0 heterocycles. The number of benzene rings is 2. The summed E-state index contributed by atoms with van der Waals surface area (Å²) in [6, 6.07) is 18.5. The van der Waals surface area contributed by atoms with Crippen molar-refractivity contribution in [1.29, 1.82) is 0 Å². The van der Waals surface area contributed by atoms with Gasteiger partial charge in [-0.05, 0) is 0 Å². The van der Waals surface area contributed by atoms with E-state index in [1.165, 1.54) is 36.8 Å². The smallest absolute Gasteiger partial charge is 1.00 e. The third-order valence-electron chi connectivity index (χ3n) is 5.81. The summed E-state index contributed by atoms with van der Waals surface area (Å²) in [5.74, 6) is 0. The van der Waals surface area contributed by atoms with Crippen LogP contribution in [0.5, 0.6) is 0 Å². The average molecular weight is 463 g/mol. The third kappa shape index (κ3) is 4.30. The summed E-state index contributed by atoms with van der Waals surface area (Å²) in [6.45, 7) is 7.49. The van der Waals surface area contributed by atoms with Gasteiger partial charge < -0.3 is 24.8 Å². The summed E-state index contributed by atoms with van der Waals surface area (Å²) in [5.41, 5.74) is 7.98. The first-order chi connectivity index (χ1) is 12.7. The fourth-order valence-electron chi connectivity index (χ4n) is 4.67. The molecule has 0 amide bonds. The topological polar surface area (TPSA) is 0 Å². The zero-order valence-corrected chi connectivity index (χ0v) is 21.0. The summed E-state index contributed by atoms with van der Waals surface area (Å²) in [4.78, 5) is 0. The molecule has 0 N–H and O–H groups in total. The fourth-order valence-corrected chi connectivity index (χ4v) is 17.4. The van der Waals surface area contributed by atoms with E-state index >= 15 is 0 Å². The van der Waals surface area contributed by atoms with E-state index in [2.05, 4.69) is 80.7 Å². The van der Waals surface area contributed by atoms with Crippen LogP contribution in [0.3, 0.4) is 0 Å². The van der Waals surface area contributed by atoms with Gasteiger partial charge in [-0.2, -0.15) is 0 Å². The van der Waals surface area contributed by atoms with E-state index in [1.54, 1.807) is 16.7 Å². The maximum Gasteiger partial charge on any atom is -1.00 e. The number of hydrogen-bond acceptors (Lipinski definition) is 0. The molecule has 2 aliphatic rings. The number of rotatable bonds is 5. The van der Waals surface area contributed by atoms with E-state index < -0.39 is 16.6 Å². The van der Waals surface area contributed by atoms with Crippen LogP contribution in [0, 0.1) is 0 Å². The van der Waals surface area contributed by atoms with Crippen LogP contribution >= 0.6 is 0 Å². The second kappa shape index (κ2) is 10.5. The maximum atomic E-state index is 2.59. The van der Waals surface area contributed by atoms with E-state index in [4.69, 9.17) is 0 Å². The first-order valence-electron chi connectivity index (χ1n) is 9.97. The van der Waals surface area contributed by atoms with Crippen LogP contribution in [0.2, 0.25) is 13.1 Å². The fraction of sp³-hybridized carbons (Fsp3) is 0.333. The van der Waals surface area contributed by atoms with Crippen LogP contribution < -0.4 is 24.8 Å². The molecule has 0 unspecified atom stereocenters. The van der Waals surface area contributed by atoms with Crippen LogP contribution in [0.25, 0.3) is 11.1 Å². The molecule has 28 heavy (non-hydrogen) atoms. The average Bonchev–Trinajstić information content (AvgIpc) is 3.24. The molecule has 0 fully saturated rings. The molecule has 0 atom stereocenters. The van der Waals surface area contributed by atoms with Gasteiger partial charge in [0.1, 0.15) is 0 Å². The van der Waals surface area contributed by atoms with Crippen LogP contribution in [0.1, 0.15) is 48.0 Å². The van der Waals surface area contributed by atoms with Gasteiger partial charge in [0, 0.05) is 0 Å². The molecular weight excluding hydrogens is 435 g/mol. The second-order valence-electron chi connectivity index (χ2n) is 7.74. The van der Waals surface area contributed by atoms with Gasteiger partial charge in [-0.3, -0.25) is 0 Å². The van der Waals surface area contributed by atoms with Gasteiger partial charge >= 0.3 is 165 Å². The molecule has 2 aromatic carbocycles. The second-order valence-corrected chi connectivity index (χ2v) is 19.8. The zero-order chi connectivity index (χ0) is 18.1. The van der Waals surface area contributed by atoms with Gasteiger partial charge in [0.2, 0.25) is 0 Å². The number of unbranched alkanes of at least 4 members (excludes halogenated alkanes) is 1. The number of halogens is 2. The standard InChI is InChI=1S/C13H9.C9H13.C2H6Si.2ClH.Ti/c1-3-7-12-10(5-1)9-11-6-2-4-8-13(11)12;1-2-3-6-9-7-4-5-8-9;1-3-2;;;/h1-9H;4,7H,2-3,5-6H2,1H3;1-2H3;2*1H;/q;;;;;+2/p-2. The molecule has 0 nitrogen and oxygen atoms in total. The molecule has 0 spiro atoms. The van der Waals surface area contributed by atoms with Gasteiger partial charge in [-0.1, -0.05) is 0 Å². The predicted molar refractivity (Wildman–Crippen MR) is 112 cm³/mol. The van der Waals surface area contributed by atoms with E-state index in [1.807, 2.05) is 3.88 Å². The largest absolute Gasteiger partial charge is 1.00 e. The maximum absolute atomic E-state index is 2.59. The molecule has 2 aliphatic carbocycles. The molecule has 146 valence electrons. The van der Waals surface area contributed by atoms with Gasteiger partial charge in [-0.15, -0.1) is 0 Å². The summed E-state index contributed by atoms with van der Waals surface area (Å²) in [5, 5.41) is 0. The Labute approximate surface area is 189 Å². The quantitative estimate of drug-likeness (QED) is 0.582. The Kier molecular flexibility index (Phi) is 8.85. The summed E-state index contributed by atoms with van der Waals surface area (Å²) >= 11 is -1.42. The SMILES string of the molecule is CCCCC1=[C]([Ti+2]([CH]2c3ccccc3-c3ccccc32)=[Si](C)C)CC=C1.[Cl-].[Cl-]. The van der Waals surface area contributed by atoms with Crippen LogP contribution in [-0.4, -0.2) is 6.19 Å². The van der Waals surface area contributed by atoms with Gasteiger partial charge in [0.25, 0.3) is 0 Å². The van der Waals surface area contributed by atoms with E-state index in [9.17, 15) is 0 Å². The van der Waals surface area contributed by atoms with Crippen LogP contribution in [0.15, 0.2) is 70.1 Å². The van der Waals surface area contributed by atoms with Crippen molar-refractivity contribution < 1.29 is 41.4 Å². The Hall–Kier alpha value is -0.569. The molecule has 0 saturated heterocycles. The minimum Gasteiger partial charge on any atom is -1.00 e. The molecule has 4 rings (SSSR count).